The van der Waals surface area contributed by atoms with E-state index in [4.69, 9.17) is 4.74 Å². The van der Waals surface area contributed by atoms with Crippen LogP contribution in [0.5, 0.6) is 0 Å². The van der Waals surface area contributed by atoms with E-state index in [1.165, 1.54) is 4.90 Å². The number of amides is 2. The molecule has 0 saturated heterocycles. The first kappa shape index (κ1) is 19.9. The lowest BCUT2D eigenvalue weighted by Gasteiger charge is -2.15. The van der Waals surface area contributed by atoms with Crippen molar-refractivity contribution in [3.63, 3.8) is 0 Å². The van der Waals surface area contributed by atoms with Crippen LogP contribution in [0, 0.1) is 6.92 Å². The summed E-state index contributed by atoms with van der Waals surface area (Å²) in [6, 6.07) is 7.24. The molecule has 0 fully saturated rings. The summed E-state index contributed by atoms with van der Waals surface area (Å²) < 4.78 is 4.98. The molecule has 26 heavy (non-hydrogen) atoms. The zero-order valence-electron chi connectivity index (χ0n) is 15.8. The summed E-state index contributed by atoms with van der Waals surface area (Å²) in [5.41, 5.74) is 2.33. The van der Waals surface area contributed by atoms with Crippen molar-refractivity contribution in [2.24, 2.45) is 0 Å². The highest BCUT2D eigenvalue weighted by Crippen LogP contribution is 2.32. The van der Waals surface area contributed by atoms with Crippen molar-refractivity contribution in [1.29, 1.82) is 0 Å². The molecule has 1 heterocycles. The summed E-state index contributed by atoms with van der Waals surface area (Å²) in [6.45, 7) is 6.04. The van der Waals surface area contributed by atoms with Crippen molar-refractivity contribution < 1.29 is 19.1 Å². The smallest absolute Gasteiger partial charge is 0.310 e. The Morgan fingerprint density at radius 3 is 2.23 bits per heavy atom. The second kappa shape index (κ2) is 9.32. The van der Waals surface area contributed by atoms with Crippen LogP contribution in [0.15, 0.2) is 35.4 Å². The average Bonchev–Trinajstić information content (AvgIpc) is 2.84. The van der Waals surface area contributed by atoms with Crippen LogP contribution in [-0.4, -0.2) is 24.4 Å². The fourth-order valence-electron chi connectivity index (χ4n) is 3.07. The highest BCUT2D eigenvalue weighted by Gasteiger charge is 2.39. The van der Waals surface area contributed by atoms with E-state index >= 15 is 0 Å². The van der Waals surface area contributed by atoms with Gasteiger partial charge in [0.15, 0.2) is 0 Å². The minimum absolute atomic E-state index is 0.149. The topological polar surface area (TPSA) is 63.7 Å². The molecule has 0 aromatic heterocycles. The van der Waals surface area contributed by atoms with E-state index in [0.29, 0.717) is 17.7 Å². The van der Waals surface area contributed by atoms with Gasteiger partial charge in [0.1, 0.15) is 0 Å². The van der Waals surface area contributed by atoms with E-state index in [9.17, 15) is 14.4 Å². The minimum Gasteiger partial charge on any atom is -0.466 e. The highest BCUT2D eigenvalue weighted by atomic mass is 16.5. The minimum atomic E-state index is -0.472. The Bertz CT molecular complexity index is 703. The van der Waals surface area contributed by atoms with E-state index in [0.717, 1.165) is 31.2 Å². The van der Waals surface area contributed by atoms with E-state index in [1.54, 1.807) is 19.1 Å². The molecule has 0 aliphatic carbocycles. The molecule has 0 spiro atoms. The number of benzene rings is 1. The maximum absolute atomic E-state index is 12.9. The third kappa shape index (κ3) is 4.59. The third-order valence-electron chi connectivity index (χ3n) is 4.49. The maximum Gasteiger partial charge on any atom is 0.310 e. The molecule has 0 bridgehead atoms. The number of rotatable bonds is 9. The molecule has 5 nitrogen and oxygen atoms in total. The largest absolute Gasteiger partial charge is 0.466 e. The van der Waals surface area contributed by atoms with Gasteiger partial charge in [-0.2, -0.15) is 0 Å². The van der Waals surface area contributed by atoms with Gasteiger partial charge in [-0.1, -0.05) is 43.9 Å². The number of nitrogens with zero attached hydrogens (tertiary/aromatic N) is 1. The summed E-state index contributed by atoms with van der Waals surface area (Å²) in [7, 11) is 0. The van der Waals surface area contributed by atoms with Gasteiger partial charge >= 0.3 is 5.97 Å². The van der Waals surface area contributed by atoms with Crippen LogP contribution in [0.25, 0.3) is 0 Å². The molecule has 140 valence electrons. The number of hydrogen-bond acceptors (Lipinski definition) is 4. The zero-order valence-corrected chi connectivity index (χ0v) is 15.8. The molecule has 2 amide bonds. The first-order chi connectivity index (χ1) is 12.5. The number of esters is 1. The average molecular weight is 357 g/mol. The maximum atomic E-state index is 12.9. The molecule has 0 saturated carbocycles. The van der Waals surface area contributed by atoms with Crippen molar-refractivity contribution in [3.05, 3.63) is 41.0 Å². The first-order valence-electron chi connectivity index (χ1n) is 9.32. The normalized spacial score (nSPS) is 14.3. The summed E-state index contributed by atoms with van der Waals surface area (Å²) in [4.78, 5) is 38.9. The van der Waals surface area contributed by atoms with E-state index < -0.39 is 11.9 Å². The standard InChI is InChI=1S/C21H27NO4/c1-4-6-7-8-9-17-18(14-19(23)26-5-2)21(25)22(20(17)24)16-12-10-15(3)11-13-16/h10-13H,4-9,14H2,1-3H3. The Balaban J connectivity index is 2.26. The van der Waals surface area contributed by atoms with Gasteiger partial charge < -0.3 is 4.74 Å². The molecule has 1 aliphatic heterocycles. The third-order valence-corrected chi connectivity index (χ3v) is 4.49. The van der Waals surface area contributed by atoms with Crippen molar-refractivity contribution in [2.75, 3.05) is 11.5 Å². The molecule has 0 N–H and O–H groups in total. The molecule has 0 unspecified atom stereocenters. The van der Waals surface area contributed by atoms with Crippen LogP contribution >= 0.6 is 0 Å². The fraction of sp³-hybridized carbons (Fsp3) is 0.476. The summed E-state index contributed by atoms with van der Waals surface area (Å²) >= 11 is 0. The van der Waals surface area contributed by atoms with Gasteiger partial charge in [0.2, 0.25) is 0 Å². The number of anilines is 1. The monoisotopic (exact) mass is 357 g/mol. The predicted molar refractivity (Wildman–Crippen MR) is 101 cm³/mol. The molecule has 1 aromatic rings. The van der Waals surface area contributed by atoms with Gasteiger partial charge in [-0.05, 0) is 38.8 Å². The number of imide groups is 1. The number of hydrogen-bond donors (Lipinski definition) is 0. The first-order valence-corrected chi connectivity index (χ1v) is 9.32. The number of carbonyl (C=O) groups excluding carboxylic acids is 3. The van der Waals surface area contributed by atoms with Gasteiger partial charge in [-0.25, -0.2) is 4.90 Å². The van der Waals surface area contributed by atoms with Gasteiger partial charge in [0.05, 0.1) is 18.7 Å². The Labute approximate surface area is 155 Å². The Morgan fingerprint density at radius 1 is 0.962 bits per heavy atom. The van der Waals surface area contributed by atoms with E-state index in [2.05, 4.69) is 6.92 Å². The molecule has 0 radical (unpaired) electrons. The van der Waals surface area contributed by atoms with Gasteiger partial charge in [0, 0.05) is 11.1 Å². The van der Waals surface area contributed by atoms with Gasteiger partial charge in [-0.15, -0.1) is 0 Å². The lowest BCUT2D eigenvalue weighted by atomic mass is 10.0. The summed E-state index contributed by atoms with van der Waals surface area (Å²) in [5, 5.41) is 0. The Kier molecular flexibility index (Phi) is 7.13. The molecular formula is C21H27NO4. The highest BCUT2D eigenvalue weighted by molar-refractivity contribution is 6.33. The van der Waals surface area contributed by atoms with Crippen LogP contribution in [0.1, 0.15) is 57.9 Å². The summed E-state index contributed by atoms with van der Waals surface area (Å²) in [6.07, 6.45) is 4.38. The number of aryl methyl sites for hydroxylation is 1. The second-order valence-electron chi connectivity index (χ2n) is 6.53. The lowest BCUT2D eigenvalue weighted by molar-refractivity contribution is -0.142. The SMILES string of the molecule is CCCCCCC1=C(CC(=O)OCC)C(=O)N(c2ccc(C)cc2)C1=O. The number of ether oxygens (including phenoxy) is 1. The van der Waals surface area contributed by atoms with E-state index in [-0.39, 0.29) is 24.5 Å². The van der Waals surface area contributed by atoms with Crippen LogP contribution in [0.4, 0.5) is 5.69 Å². The fourth-order valence-corrected chi connectivity index (χ4v) is 3.07. The molecular weight excluding hydrogens is 330 g/mol. The second-order valence-corrected chi connectivity index (χ2v) is 6.53. The Hall–Kier alpha value is -2.43. The lowest BCUT2D eigenvalue weighted by Crippen LogP contribution is -2.32. The van der Waals surface area contributed by atoms with Crippen molar-refractivity contribution >= 4 is 23.5 Å². The predicted octanol–water partition coefficient (Wildman–Crippen LogP) is 4.09. The summed E-state index contributed by atoms with van der Waals surface area (Å²) in [5.74, 6) is -1.19. The number of carbonyl (C=O) groups is 3. The van der Waals surface area contributed by atoms with Gasteiger partial charge in [0.25, 0.3) is 11.8 Å². The van der Waals surface area contributed by atoms with Gasteiger partial charge in [-0.3, -0.25) is 14.4 Å². The molecule has 2 rings (SSSR count). The van der Waals surface area contributed by atoms with Crippen molar-refractivity contribution in [1.82, 2.24) is 0 Å². The Morgan fingerprint density at radius 2 is 1.62 bits per heavy atom. The van der Waals surface area contributed by atoms with Crippen LogP contribution in [0.3, 0.4) is 0 Å². The van der Waals surface area contributed by atoms with Crippen molar-refractivity contribution in [2.45, 2.75) is 59.3 Å². The van der Waals surface area contributed by atoms with Crippen LogP contribution in [-0.2, 0) is 19.1 Å². The van der Waals surface area contributed by atoms with E-state index in [1.807, 2.05) is 19.1 Å². The molecule has 1 aliphatic rings. The zero-order chi connectivity index (χ0) is 19.1. The molecule has 5 heteroatoms. The number of unbranched alkanes of at least 4 members (excludes halogenated alkanes) is 3. The molecule has 1 aromatic carbocycles. The quantitative estimate of drug-likeness (QED) is 0.379. The van der Waals surface area contributed by atoms with Crippen LogP contribution in [0.2, 0.25) is 0 Å². The molecule has 0 atom stereocenters. The van der Waals surface area contributed by atoms with Crippen LogP contribution < -0.4 is 4.90 Å². The van der Waals surface area contributed by atoms with Crippen molar-refractivity contribution in [3.8, 4) is 0 Å².